The molecule has 20 heavy (non-hydrogen) atoms. The van der Waals surface area contributed by atoms with Gasteiger partial charge in [-0.2, -0.15) is 0 Å². The minimum atomic E-state index is -0.410. The number of hydrogen-bond acceptors (Lipinski definition) is 3. The average Bonchev–Trinajstić information content (AvgIpc) is 2.50. The van der Waals surface area contributed by atoms with Crippen LogP contribution in [0.3, 0.4) is 0 Å². The van der Waals surface area contributed by atoms with Gasteiger partial charge in [0.15, 0.2) is 0 Å². The van der Waals surface area contributed by atoms with Gasteiger partial charge in [-0.25, -0.2) is 0 Å². The van der Waals surface area contributed by atoms with E-state index in [-0.39, 0.29) is 17.7 Å². The summed E-state index contributed by atoms with van der Waals surface area (Å²) >= 11 is 0. The Balaban J connectivity index is 2.84. The quantitative estimate of drug-likeness (QED) is 0.805. The third-order valence-electron chi connectivity index (χ3n) is 3.82. The van der Waals surface area contributed by atoms with Crippen LogP contribution in [0.5, 0.6) is 0 Å². The minimum Gasteiger partial charge on any atom is -0.374 e. The van der Waals surface area contributed by atoms with E-state index in [1.54, 1.807) is 4.90 Å². The second kappa shape index (κ2) is 7.07. The summed E-state index contributed by atoms with van der Waals surface area (Å²) in [4.78, 5) is 26.2. The molecule has 0 aliphatic carbocycles. The summed E-state index contributed by atoms with van der Waals surface area (Å²) in [5.41, 5.74) is -0.391. The summed E-state index contributed by atoms with van der Waals surface area (Å²) in [5, 5.41) is 2.86. The second-order valence-electron chi connectivity index (χ2n) is 6.13. The minimum absolute atomic E-state index is 0.0120. The molecular weight excluding hydrogens is 256 g/mol. The van der Waals surface area contributed by atoms with Gasteiger partial charge in [-0.3, -0.25) is 9.59 Å². The highest BCUT2D eigenvalue weighted by Gasteiger charge is 2.35. The van der Waals surface area contributed by atoms with Crippen molar-refractivity contribution in [1.82, 2.24) is 10.2 Å². The summed E-state index contributed by atoms with van der Waals surface area (Å²) in [5.74, 6) is 0.112. The Kier molecular flexibility index (Phi) is 5.99. The molecule has 1 fully saturated rings. The number of hydrogen-bond donors (Lipinski definition) is 1. The summed E-state index contributed by atoms with van der Waals surface area (Å²) in [6.07, 6.45) is 1.22. The third-order valence-corrected chi connectivity index (χ3v) is 3.82. The summed E-state index contributed by atoms with van der Waals surface area (Å²) in [6, 6.07) is -0.410. The molecule has 0 aromatic rings. The molecule has 2 unspecified atom stereocenters. The topological polar surface area (TPSA) is 58.6 Å². The van der Waals surface area contributed by atoms with Crippen LogP contribution in [0.4, 0.5) is 0 Å². The highest BCUT2D eigenvalue weighted by molar-refractivity contribution is 5.90. The Morgan fingerprint density at radius 2 is 2.05 bits per heavy atom. The zero-order valence-electron chi connectivity index (χ0n) is 13.4. The molecule has 1 N–H and O–H groups in total. The van der Waals surface area contributed by atoms with E-state index in [4.69, 9.17) is 4.74 Å². The molecule has 0 aromatic carbocycles. The number of carbonyl (C=O) groups excluding carboxylic acids is 2. The predicted molar refractivity (Wildman–Crippen MR) is 78.3 cm³/mol. The summed E-state index contributed by atoms with van der Waals surface area (Å²) in [7, 11) is 0. The summed E-state index contributed by atoms with van der Waals surface area (Å²) in [6.45, 7) is 11.5. The van der Waals surface area contributed by atoms with E-state index < -0.39 is 11.6 Å². The van der Waals surface area contributed by atoms with E-state index in [0.29, 0.717) is 26.1 Å². The van der Waals surface area contributed by atoms with Crippen LogP contribution in [0.15, 0.2) is 0 Å². The van der Waals surface area contributed by atoms with Crippen LogP contribution in [-0.2, 0) is 14.3 Å². The molecule has 0 spiro atoms. The Morgan fingerprint density at radius 3 is 2.60 bits per heavy atom. The van der Waals surface area contributed by atoms with E-state index in [0.717, 1.165) is 6.42 Å². The normalized spacial score (nSPS) is 22.4. The average molecular weight is 284 g/mol. The molecular formula is C15H28N2O3. The van der Waals surface area contributed by atoms with Gasteiger partial charge in [-0.05, 0) is 26.7 Å². The van der Waals surface area contributed by atoms with Gasteiger partial charge in [0, 0.05) is 26.1 Å². The molecule has 1 aliphatic rings. The first-order valence-corrected chi connectivity index (χ1v) is 7.52. The number of nitrogens with one attached hydrogen (secondary N) is 1. The van der Waals surface area contributed by atoms with Crippen molar-refractivity contribution in [3.63, 3.8) is 0 Å². The molecule has 2 amide bonds. The molecule has 2 atom stereocenters. The molecule has 0 bridgehead atoms. The molecule has 5 nitrogen and oxygen atoms in total. The van der Waals surface area contributed by atoms with Gasteiger partial charge in [0.25, 0.3) is 0 Å². The smallest absolute Gasteiger partial charge is 0.245 e. The highest BCUT2D eigenvalue weighted by Crippen LogP contribution is 2.18. The molecule has 0 saturated carbocycles. The van der Waals surface area contributed by atoms with Crippen molar-refractivity contribution in [3.8, 4) is 0 Å². The maximum atomic E-state index is 12.6. The molecule has 1 aliphatic heterocycles. The van der Waals surface area contributed by atoms with Crippen molar-refractivity contribution in [1.29, 1.82) is 0 Å². The van der Waals surface area contributed by atoms with Crippen LogP contribution >= 0.6 is 0 Å². The lowest BCUT2D eigenvalue weighted by Crippen LogP contribution is -2.51. The number of nitrogens with zero attached hydrogens (tertiary/aromatic N) is 1. The lowest BCUT2D eigenvalue weighted by atomic mass is 9.97. The molecule has 1 rings (SSSR count). The van der Waals surface area contributed by atoms with Gasteiger partial charge < -0.3 is 15.0 Å². The number of amides is 2. The zero-order chi connectivity index (χ0) is 15.3. The van der Waals surface area contributed by atoms with Crippen LogP contribution in [0, 0.1) is 5.92 Å². The van der Waals surface area contributed by atoms with Crippen molar-refractivity contribution >= 4 is 11.8 Å². The molecule has 0 radical (unpaired) electrons. The van der Waals surface area contributed by atoms with Crippen molar-refractivity contribution in [2.24, 2.45) is 5.92 Å². The van der Waals surface area contributed by atoms with E-state index in [1.807, 2.05) is 34.6 Å². The van der Waals surface area contributed by atoms with Gasteiger partial charge >= 0.3 is 0 Å². The molecule has 116 valence electrons. The van der Waals surface area contributed by atoms with Gasteiger partial charge in [0.05, 0.1) is 5.60 Å². The Labute approximate surface area is 122 Å². The number of rotatable bonds is 6. The fourth-order valence-corrected chi connectivity index (χ4v) is 2.53. The first-order chi connectivity index (χ1) is 9.30. The van der Waals surface area contributed by atoms with Crippen LogP contribution in [0.2, 0.25) is 0 Å². The van der Waals surface area contributed by atoms with Crippen LogP contribution in [0.25, 0.3) is 0 Å². The maximum Gasteiger partial charge on any atom is 0.245 e. The van der Waals surface area contributed by atoms with Crippen molar-refractivity contribution in [2.75, 3.05) is 19.7 Å². The molecule has 0 aromatic heterocycles. The van der Waals surface area contributed by atoms with Gasteiger partial charge in [0.1, 0.15) is 6.04 Å². The van der Waals surface area contributed by atoms with Gasteiger partial charge in [-0.15, -0.1) is 0 Å². The SMILES string of the molecule is CCOC(C)(C)CN1CCC(=O)NC(C(C)CC)C1=O. The number of carbonyl (C=O) groups is 2. The van der Waals surface area contributed by atoms with E-state index in [1.165, 1.54) is 0 Å². The lowest BCUT2D eigenvalue weighted by Gasteiger charge is -2.34. The fourth-order valence-electron chi connectivity index (χ4n) is 2.53. The Bertz CT molecular complexity index is 355. The molecule has 1 heterocycles. The monoisotopic (exact) mass is 284 g/mol. The maximum absolute atomic E-state index is 12.6. The standard InChI is InChI=1S/C15H28N2O3/c1-6-11(3)13-14(19)17(9-8-12(18)16-13)10-15(4,5)20-7-2/h11,13H,6-10H2,1-5H3,(H,16,18). The Hall–Kier alpha value is -1.10. The van der Waals surface area contributed by atoms with Crippen LogP contribution < -0.4 is 5.32 Å². The van der Waals surface area contributed by atoms with Crippen molar-refractivity contribution < 1.29 is 14.3 Å². The first kappa shape index (κ1) is 17.0. The second-order valence-corrected chi connectivity index (χ2v) is 6.13. The third kappa shape index (κ3) is 4.47. The van der Waals surface area contributed by atoms with Crippen molar-refractivity contribution in [3.05, 3.63) is 0 Å². The zero-order valence-corrected chi connectivity index (χ0v) is 13.4. The van der Waals surface area contributed by atoms with Gasteiger partial charge in [0.2, 0.25) is 11.8 Å². The highest BCUT2D eigenvalue weighted by atomic mass is 16.5. The molecule has 5 heteroatoms. The summed E-state index contributed by atoms with van der Waals surface area (Å²) < 4.78 is 5.67. The van der Waals surface area contributed by atoms with E-state index in [9.17, 15) is 9.59 Å². The van der Waals surface area contributed by atoms with Crippen LogP contribution in [0.1, 0.15) is 47.5 Å². The first-order valence-electron chi connectivity index (χ1n) is 7.52. The number of ether oxygens (including phenoxy) is 1. The van der Waals surface area contributed by atoms with Crippen molar-refractivity contribution in [2.45, 2.75) is 59.1 Å². The predicted octanol–water partition coefficient (Wildman–Crippen LogP) is 1.56. The van der Waals surface area contributed by atoms with Gasteiger partial charge in [-0.1, -0.05) is 20.3 Å². The largest absolute Gasteiger partial charge is 0.374 e. The molecule has 1 saturated heterocycles. The van der Waals surface area contributed by atoms with E-state index in [2.05, 4.69) is 5.32 Å². The van der Waals surface area contributed by atoms with E-state index >= 15 is 0 Å². The van der Waals surface area contributed by atoms with Crippen LogP contribution in [-0.4, -0.2) is 48.1 Å². The fraction of sp³-hybridized carbons (Fsp3) is 0.867. The Morgan fingerprint density at radius 1 is 1.40 bits per heavy atom. The lowest BCUT2D eigenvalue weighted by molar-refractivity contribution is -0.138.